The van der Waals surface area contributed by atoms with E-state index < -0.39 is 28.5 Å². The van der Waals surface area contributed by atoms with Crippen LogP contribution in [0.2, 0.25) is 5.02 Å². The number of aryl methyl sites for hydroxylation is 1. The molecule has 2 amide bonds. The minimum atomic E-state index is -3.77. The molecule has 2 aromatic rings. The first kappa shape index (κ1) is 27.7. The van der Waals surface area contributed by atoms with Gasteiger partial charge in [0.25, 0.3) is 0 Å². The molecule has 0 saturated heterocycles. The van der Waals surface area contributed by atoms with Gasteiger partial charge in [-0.2, -0.15) is 0 Å². The lowest BCUT2D eigenvalue weighted by molar-refractivity contribution is -0.140. The van der Waals surface area contributed by atoms with Crippen LogP contribution in [-0.2, 0) is 32.6 Å². The molecule has 2 rings (SSSR count). The Morgan fingerprint density at radius 2 is 1.59 bits per heavy atom. The number of halogens is 1. The van der Waals surface area contributed by atoms with Gasteiger partial charge >= 0.3 is 0 Å². The first-order valence-electron chi connectivity index (χ1n) is 11.4. The van der Waals surface area contributed by atoms with Crippen LogP contribution in [0.25, 0.3) is 0 Å². The van der Waals surface area contributed by atoms with Crippen LogP contribution in [0.4, 0.5) is 5.69 Å². The number of amides is 2. The third-order valence-electron chi connectivity index (χ3n) is 5.44. The molecule has 0 aliphatic heterocycles. The Hall–Kier alpha value is -2.58. The first-order valence-corrected chi connectivity index (χ1v) is 13.6. The summed E-state index contributed by atoms with van der Waals surface area (Å²) in [7, 11) is -3.77. The molecule has 2 aromatic carbocycles. The summed E-state index contributed by atoms with van der Waals surface area (Å²) < 4.78 is 26.6. The van der Waals surface area contributed by atoms with E-state index in [9.17, 15) is 18.0 Å². The number of hydrogen-bond acceptors (Lipinski definition) is 4. The molecule has 0 radical (unpaired) electrons. The summed E-state index contributed by atoms with van der Waals surface area (Å²) in [6, 6.07) is 13.3. The summed E-state index contributed by atoms with van der Waals surface area (Å²) in [4.78, 5) is 28.1. The van der Waals surface area contributed by atoms with Gasteiger partial charge in [-0.1, -0.05) is 61.8 Å². The maximum atomic E-state index is 13.7. The Balaban J connectivity index is 2.49. The van der Waals surface area contributed by atoms with Crippen LogP contribution in [0.3, 0.4) is 0 Å². The lowest BCUT2D eigenvalue weighted by Crippen LogP contribution is -2.53. The number of nitrogens with one attached hydrogen (secondary N) is 1. The monoisotopic (exact) mass is 507 g/mol. The highest BCUT2D eigenvalue weighted by molar-refractivity contribution is 7.92. The molecule has 0 aliphatic rings. The fourth-order valence-electron chi connectivity index (χ4n) is 3.76. The summed E-state index contributed by atoms with van der Waals surface area (Å²) in [6.45, 7) is 7.09. The highest BCUT2D eigenvalue weighted by Crippen LogP contribution is 2.25. The molecule has 0 bridgehead atoms. The predicted octanol–water partition coefficient (Wildman–Crippen LogP) is 4.00. The fourth-order valence-corrected chi connectivity index (χ4v) is 4.83. The van der Waals surface area contributed by atoms with E-state index >= 15 is 0 Å². The summed E-state index contributed by atoms with van der Waals surface area (Å²) in [5.41, 5.74) is 1.94. The Kier molecular flexibility index (Phi) is 9.94. The number of rotatable bonds is 11. The largest absolute Gasteiger partial charge is 0.352 e. The van der Waals surface area contributed by atoms with Gasteiger partial charge in [-0.15, -0.1) is 0 Å². The molecular weight excluding hydrogens is 474 g/mol. The molecule has 9 heteroatoms. The Morgan fingerprint density at radius 3 is 2.12 bits per heavy atom. The number of sulfonamides is 1. The zero-order valence-corrected chi connectivity index (χ0v) is 22.0. The highest BCUT2D eigenvalue weighted by Gasteiger charge is 2.32. The van der Waals surface area contributed by atoms with Crippen LogP contribution in [0.1, 0.15) is 45.2 Å². The quantitative estimate of drug-likeness (QED) is 0.498. The molecule has 0 unspecified atom stereocenters. The minimum absolute atomic E-state index is 0.0789. The van der Waals surface area contributed by atoms with Crippen molar-refractivity contribution in [1.29, 1.82) is 0 Å². The second kappa shape index (κ2) is 12.2. The highest BCUT2D eigenvalue weighted by atomic mass is 35.5. The second-order valence-corrected chi connectivity index (χ2v) is 10.8. The third-order valence-corrected chi connectivity index (χ3v) is 6.93. The topological polar surface area (TPSA) is 86.8 Å². The zero-order valence-electron chi connectivity index (χ0n) is 20.4. The number of carbonyl (C=O) groups is 2. The normalized spacial score (nSPS) is 12.3. The molecule has 0 aliphatic carbocycles. The van der Waals surface area contributed by atoms with E-state index in [2.05, 4.69) is 5.32 Å². The van der Waals surface area contributed by atoms with Gasteiger partial charge in [0.05, 0.1) is 11.9 Å². The summed E-state index contributed by atoms with van der Waals surface area (Å²) in [5.74, 6) is -0.778. The van der Waals surface area contributed by atoms with Gasteiger partial charge in [-0.25, -0.2) is 8.42 Å². The Morgan fingerprint density at radius 1 is 1.00 bits per heavy atom. The van der Waals surface area contributed by atoms with E-state index in [4.69, 9.17) is 11.6 Å². The standard InChI is InChI=1S/C25H34ClN3O4S/c1-6-19-12-9-11-15-23(19)29(34(5,32)33)17-24(30)28(16-20-13-8-10-14-21(20)26)22(7-2)25(31)27-18(3)4/h8-15,18,22H,6-7,16-17H2,1-5H3,(H,27,31)/t22-/m0/s1. The maximum Gasteiger partial charge on any atom is 0.244 e. The van der Waals surface area contributed by atoms with Gasteiger partial charge in [0.1, 0.15) is 12.6 Å². The summed E-state index contributed by atoms with van der Waals surface area (Å²) >= 11 is 6.35. The molecule has 0 aromatic heterocycles. The first-order chi connectivity index (χ1) is 16.0. The van der Waals surface area contributed by atoms with Crippen molar-refractivity contribution < 1.29 is 18.0 Å². The number of para-hydroxylation sites is 1. The van der Waals surface area contributed by atoms with Gasteiger partial charge < -0.3 is 10.2 Å². The fraction of sp³-hybridized carbons (Fsp3) is 0.440. The Labute approximate surface area is 208 Å². The number of anilines is 1. The lowest BCUT2D eigenvalue weighted by atomic mass is 10.1. The van der Waals surface area contributed by atoms with Crippen LogP contribution in [0.5, 0.6) is 0 Å². The average molecular weight is 508 g/mol. The number of hydrogen-bond donors (Lipinski definition) is 1. The van der Waals surface area contributed by atoms with Gasteiger partial charge in [0, 0.05) is 17.6 Å². The van der Waals surface area contributed by atoms with Crippen molar-refractivity contribution >= 4 is 39.1 Å². The second-order valence-electron chi connectivity index (χ2n) is 8.45. The SMILES string of the molecule is CCc1ccccc1N(CC(=O)N(Cc1ccccc1Cl)[C@@H](CC)C(=O)NC(C)C)S(C)(=O)=O. The summed E-state index contributed by atoms with van der Waals surface area (Å²) in [6.07, 6.45) is 2.04. The molecule has 1 N–H and O–H groups in total. The smallest absolute Gasteiger partial charge is 0.244 e. The van der Waals surface area contributed by atoms with Crippen molar-refractivity contribution in [3.05, 3.63) is 64.7 Å². The van der Waals surface area contributed by atoms with Crippen molar-refractivity contribution in [3.63, 3.8) is 0 Å². The molecule has 0 fully saturated rings. The predicted molar refractivity (Wildman–Crippen MR) is 137 cm³/mol. The molecule has 0 heterocycles. The molecule has 186 valence electrons. The van der Waals surface area contributed by atoms with Crippen molar-refractivity contribution in [2.24, 2.45) is 0 Å². The minimum Gasteiger partial charge on any atom is -0.352 e. The maximum absolute atomic E-state index is 13.7. The van der Waals surface area contributed by atoms with E-state index in [1.54, 1.807) is 36.4 Å². The number of carbonyl (C=O) groups excluding carboxylic acids is 2. The third kappa shape index (κ3) is 7.21. The Bertz CT molecular complexity index is 1100. The molecule has 1 atom stereocenters. The number of nitrogens with zero attached hydrogens (tertiary/aromatic N) is 2. The van der Waals surface area contributed by atoms with E-state index in [1.165, 1.54) is 4.90 Å². The van der Waals surface area contributed by atoms with Crippen molar-refractivity contribution in [1.82, 2.24) is 10.2 Å². The lowest BCUT2D eigenvalue weighted by Gasteiger charge is -2.33. The van der Waals surface area contributed by atoms with E-state index in [0.29, 0.717) is 29.1 Å². The average Bonchev–Trinajstić information content (AvgIpc) is 2.77. The van der Waals surface area contributed by atoms with Crippen LogP contribution in [0.15, 0.2) is 48.5 Å². The van der Waals surface area contributed by atoms with E-state index in [-0.39, 0.29) is 18.5 Å². The van der Waals surface area contributed by atoms with Crippen molar-refractivity contribution in [2.45, 2.75) is 59.2 Å². The molecule has 0 spiro atoms. The molecule has 34 heavy (non-hydrogen) atoms. The van der Waals surface area contributed by atoms with Crippen LogP contribution in [-0.4, -0.2) is 50.0 Å². The van der Waals surface area contributed by atoms with Crippen LogP contribution in [0, 0.1) is 0 Å². The zero-order chi connectivity index (χ0) is 25.5. The van der Waals surface area contributed by atoms with Crippen molar-refractivity contribution in [3.8, 4) is 0 Å². The van der Waals surface area contributed by atoms with E-state index in [1.807, 2.05) is 39.8 Å². The van der Waals surface area contributed by atoms with Crippen molar-refractivity contribution in [2.75, 3.05) is 17.1 Å². The number of benzene rings is 2. The van der Waals surface area contributed by atoms with Crippen LogP contribution < -0.4 is 9.62 Å². The van der Waals surface area contributed by atoms with Gasteiger partial charge in [0.15, 0.2) is 0 Å². The van der Waals surface area contributed by atoms with Gasteiger partial charge in [-0.3, -0.25) is 13.9 Å². The van der Waals surface area contributed by atoms with Crippen LogP contribution >= 0.6 is 11.6 Å². The van der Waals surface area contributed by atoms with Gasteiger partial charge in [0.2, 0.25) is 21.8 Å². The molecular formula is C25H34ClN3O4S. The van der Waals surface area contributed by atoms with E-state index in [0.717, 1.165) is 16.1 Å². The van der Waals surface area contributed by atoms with Gasteiger partial charge in [-0.05, 0) is 49.9 Å². The molecule has 7 nitrogen and oxygen atoms in total. The summed E-state index contributed by atoms with van der Waals surface area (Å²) in [5, 5.41) is 3.33. The molecule has 0 saturated carbocycles.